The number of carboxylic acids is 1. The summed E-state index contributed by atoms with van der Waals surface area (Å²) in [6.45, 7) is 0.183. The van der Waals surface area contributed by atoms with Gasteiger partial charge in [0, 0.05) is 6.04 Å². The maximum atomic E-state index is 11.4. The minimum absolute atomic E-state index is 0.0506. The quantitative estimate of drug-likeness (QED) is 0.799. The van der Waals surface area contributed by atoms with Crippen LogP contribution < -0.4 is 10.1 Å². The summed E-state index contributed by atoms with van der Waals surface area (Å²) in [5, 5.41) is 11.8. The molecule has 0 spiro atoms. The lowest BCUT2D eigenvalue weighted by Gasteiger charge is -2.08. The van der Waals surface area contributed by atoms with Crippen LogP contribution in [0.4, 0.5) is 0 Å². The van der Waals surface area contributed by atoms with E-state index in [1.54, 1.807) is 18.2 Å². The number of ether oxygens (including phenoxy) is 1. The molecule has 2 N–H and O–H groups in total. The van der Waals surface area contributed by atoms with E-state index < -0.39 is 5.97 Å². The highest BCUT2D eigenvalue weighted by Crippen LogP contribution is 2.19. The van der Waals surface area contributed by atoms with E-state index in [1.807, 2.05) is 0 Å². The van der Waals surface area contributed by atoms with Crippen molar-refractivity contribution >= 4 is 11.9 Å². The summed E-state index contributed by atoms with van der Waals surface area (Å²) in [5.41, 5.74) is 0.111. The molecular weight excluding hydrogens is 234 g/mol. The van der Waals surface area contributed by atoms with Crippen molar-refractivity contribution in [2.75, 3.05) is 6.61 Å². The van der Waals surface area contributed by atoms with Gasteiger partial charge in [0.05, 0.1) is 13.0 Å². The molecule has 1 aromatic rings. The molecule has 1 saturated carbocycles. The van der Waals surface area contributed by atoms with Crippen LogP contribution in [0.15, 0.2) is 24.3 Å². The molecule has 0 bridgehead atoms. The summed E-state index contributed by atoms with van der Waals surface area (Å²) < 4.78 is 5.33. The van der Waals surface area contributed by atoms with Crippen molar-refractivity contribution in [3.05, 3.63) is 29.8 Å². The fraction of sp³-hybridized carbons (Fsp3) is 0.385. The molecule has 0 saturated heterocycles. The van der Waals surface area contributed by atoms with E-state index in [0.29, 0.717) is 11.8 Å². The summed E-state index contributed by atoms with van der Waals surface area (Å²) in [6, 6.07) is 6.73. The molecule has 1 aromatic carbocycles. The van der Waals surface area contributed by atoms with Crippen molar-refractivity contribution < 1.29 is 19.4 Å². The Morgan fingerprint density at radius 2 is 2.06 bits per heavy atom. The van der Waals surface area contributed by atoms with E-state index in [1.165, 1.54) is 6.07 Å². The fourth-order valence-electron chi connectivity index (χ4n) is 1.55. The van der Waals surface area contributed by atoms with Crippen molar-refractivity contribution in [3.8, 4) is 5.75 Å². The van der Waals surface area contributed by atoms with Crippen LogP contribution in [0.3, 0.4) is 0 Å². The molecule has 2 rings (SSSR count). The van der Waals surface area contributed by atoms with Gasteiger partial charge >= 0.3 is 5.97 Å². The molecule has 1 aliphatic rings. The first kappa shape index (κ1) is 12.4. The van der Waals surface area contributed by atoms with Crippen molar-refractivity contribution in [2.45, 2.75) is 25.3 Å². The average molecular weight is 249 g/mol. The maximum absolute atomic E-state index is 11.4. The molecule has 0 atom stereocenters. The second-order valence-corrected chi connectivity index (χ2v) is 4.24. The van der Waals surface area contributed by atoms with E-state index >= 15 is 0 Å². The average Bonchev–Trinajstić information content (AvgIpc) is 3.13. The van der Waals surface area contributed by atoms with Crippen molar-refractivity contribution in [2.24, 2.45) is 0 Å². The SMILES string of the molecule is O=C(CCOc1ccccc1C(=O)O)NC1CC1. The standard InChI is InChI=1S/C13H15NO4/c15-12(14-9-5-6-9)7-8-18-11-4-2-1-3-10(11)13(16)17/h1-4,9H,5-8H2,(H,14,15)(H,16,17). The van der Waals surface area contributed by atoms with Crippen LogP contribution in [0, 0.1) is 0 Å². The highest BCUT2D eigenvalue weighted by Gasteiger charge is 2.22. The lowest BCUT2D eigenvalue weighted by atomic mass is 10.2. The second kappa shape index (κ2) is 5.53. The monoisotopic (exact) mass is 249 g/mol. The van der Waals surface area contributed by atoms with Gasteiger partial charge < -0.3 is 15.2 Å². The van der Waals surface area contributed by atoms with Gasteiger partial charge in [0.15, 0.2) is 0 Å². The molecule has 1 fully saturated rings. The zero-order chi connectivity index (χ0) is 13.0. The molecule has 0 aliphatic heterocycles. The van der Waals surface area contributed by atoms with Crippen molar-refractivity contribution in [1.29, 1.82) is 0 Å². The topological polar surface area (TPSA) is 75.6 Å². The molecule has 18 heavy (non-hydrogen) atoms. The summed E-state index contributed by atoms with van der Waals surface area (Å²) in [7, 11) is 0. The Kier molecular flexibility index (Phi) is 3.82. The zero-order valence-electron chi connectivity index (χ0n) is 9.89. The number of para-hydroxylation sites is 1. The second-order valence-electron chi connectivity index (χ2n) is 4.24. The van der Waals surface area contributed by atoms with Gasteiger partial charge in [0.25, 0.3) is 0 Å². The number of hydrogen-bond donors (Lipinski definition) is 2. The molecule has 0 heterocycles. The van der Waals surface area contributed by atoms with Gasteiger partial charge in [0.2, 0.25) is 5.91 Å². The molecule has 1 aliphatic carbocycles. The van der Waals surface area contributed by atoms with E-state index in [-0.39, 0.29) is 24.5 Å². The third kappa shape index (κ3) is 3.48. The van der Waals surface area contributed by atoms with Crippen LogP contribution in [0.5, 0.6) is 5.75 Å². The Labute approximate surface area is 105 Å². The number of carbonyl (C=O) groups is 2. The van der Waals surface area contributed by atoms with Gasteiger partial charge in [-0.15, -0.1) is 0 Å². The first-order valence-electron chi connectivity index (χ1n) is 5.91. The minimum Gasteiger partial charge on any atom is -0.492 e. The maximum Gasteiger partial charge on any atom is 0.339 e. The normalized spacial score (nSPS) is 14.0. The molecular formula is C13H15NO4. The molecule has 1 amide bonds. The molecule has 5 heteroatoms. The van der Waals surface area contributed by atoms with Gasteiger partial charge in [-0.1, -0.05) is 12.1 Å². The number of amides is 1. The van der Waals surface area contributed by atoms with E-state index in [2.05, 4.69) is 5.32 Å². The lowest BCUT2D eigenvalue weighted by molar-refractivity contribution is -0.121. The molecule has 0 aromatic heterocycles. The van der Waals surface area contributed by atoms with Gasteiger partial charge in [-0.05, 0) is 25.0 Å². The van der Waals surface area contributed by atoms with Crippen LogP contribution in [0.25, 0.3) is 0 Å². The predicted octanol–water partition coefficient (Wildman–Crippen LogP) is 1.43. The highest BCUT2D eigenvalue weighted by atomic mass is 16.5. The number of benzene rings is 1. The van der Waals surface area contributed by atoms with Crippen LogP contribution in [-0.4, -0.2) is 29.6 Å². The lowest BCUT2D eigenvalue weighted by Crippen LogP contribution is -2.26. The van der Waals surface area contributed by atoms with Crippen LogP contribution >= 0.6 is 0 Å². The van der Waals surface area contributed by atoms with Crippen LogP contribution in [-0.2, 0) is 4.79 Å². The van der Waals surface area contributed by atoms with E-state index in [0.717, 1.165) is 12.8 Å². The summed E-state index contributed by atoms with van der Waals surface area (Å²) in [5.74, 6) is -0.789. The van der Waals surface area contributed by atoms with Gasteiger partial charge in [-0.2, -0.15) is 0 Å². The van der Waals surface area contributed by atoms with Crippen LogP contribution in [0.2, 0.25) is 0 Å². The molecule has 0 unspecified atom stereocenters. The zero-order valence-corrected chi connectivity index (χ0v) is 9.89. The highest BCUT2D eigenvalue weighted by molar-refractivity contribution is 5.90. The molecule has 5 nitrogen and oxygen atoms in total. The third-order valence-electron chi connectivity index (χ3n) is 2.65. The Bertz CT molecular complexity index is 454. The number of aromatic carboxylic acids is 1. The molecule has 0 radical (unpaired) electrons. The number of carbonyl (C=O) groups excluding carboxylic acids is 1. The van der Waals surface area contributed by atoms with Crippen molar-refractivity contribution in [1.82, 2.24) is 5.32 Å². The number of rotatable bonds is 6. The smallest absolute Gasteiger partial charge is 0.339 e. The van der Waals surface area contributed by atoms with E-state index in [4.69, 9.17) is 9.84 Å². The van der Waals surface area contributed by atoms with Gasteiger partial charge in [0.1, 0.15) is 11.3 Å². The predicted molar refractivity (Wildman–Crippen MR) is 64.7 cm³/mol. The summed E-state index contributed by atoms with van der Waals surface area (Å²) in [6.07, 6.45) is 2.34. The van der Waals surface area contributed by atoms with Crippen LogP contribution in [0.1, 0.15) is 29.6 Å². The number of carboxylic acid groups (broad SMARTS) is 1. The largest absolute Gasteiger partial charge is 0.492 e. The third-order valence-corrected chi connectivity index (χ3v) is 2.65. The Hall–Kier alpha value is -2.04. The van der Waals surface area contributed by atoms with Crippen molar-refractivity contribution in [3.63, 3.8) is 0 Å². The Morgan fingerprint density at radius 3 is 2.72 bits per heavy atom. The summed E-state index contributed by atoms with van der Waals surface area (Å²) >= 11 is 0. The first-order chi connectivity index (χ1) is 8.66. The van der Waals surface area contributed by atoms with Gasteiger partial charge in [-0.25, -0.2) is 4.79 Å². The number of nitrogens with one attached hydrogen (secondary N) is 1. The van der Waals surface area contributed by atoms with E-state index in [9.17, 15) is 9.59 Å². The fourth-order valence-corrected chi connectivity index (χ4v) is 1.55. The minimum atomic E-state index is -1.03. The first-order valence-corrected chi connectivity index (χ1v) is 5.91. The van der Waals surface area contributed by atoms with Gasteiger partial charge in [-0.3, -0.25) is 4.79 Å². The Morgan fingerprint density at radius 1 is 1.33 bits per heavy atom. The summed E-state index contributed by atoms with van der Waals surface area (Å²) in [4.78, 5) is 22.3. The Balaban J connectivity index is 1.82. The number of hydrogen-bond acceptors (Lipinski definition) is 3. The molecule has 96 valence electrons.